The Morgan fingerprint density at radius 3 is 2.52 bits per heavy atom. The summed E-state index contributed by atoms with van der Waals surface area (Å²) < 4.78 is 5.83. The molecule has 0 saturated carbocycles. The molecule has 1 aromatic rings. The number of nitrogens with one attached hydrogen (secondary N) is 1. The molecule has 3 rings (SSSR count). The van der Waals surface area contributed by atoms with Gasteiger partial charge in [0.1, 0.15) is 6.61 Å². The van der Waals surface area contributed by atoms with Gasteiger partial charge in [-0.2, -0.15) is 0 Å². The van der Waals surface area contributed by atoms with Crippen LogP contribution in [0, 0.1) is 0 Å². The molecular weight excluding hydrogens is 266 g/mol. The second kappa shape index (κ2) is 6.69. The SMILES string of the molecule is O=C(COC1CC2CCC(C1)N2)C(CO)c1ccccc1. The van der Waals surface area contributed by atoms with Crippen LogP contribution in [-0.2, 0) is 9.53 Å². The van der Waals surface area contributed by atoms with E-state index in [9.17, 15) is 9.90 Å². The first-order valence-corrected chi connectivity index (χ1v) is 7.82. The van der Waals surface area contributed by atoms with E-state index in [2.05, 4.69) is 5.32 Å². The Balaban J connectivity index is 1.53. The molecule has 0 aromatic heterocycles. The fourth-order valence-electron chi connectivity index (χ4n) is 3.52. The Hall–Kier alpha value is -1.23. The predicted octanol–water partition coefficient (Wildman–Crippen LogP) is 1.63. The first-order chi connectivity index (χ1) is 10.3. The third-order valence-corrected chi connectivity index (χ3v) is 4.66. The average molecular weight is 289 g/mol. The van der Waals surface area contributed by atoms with Gasteiger partial charge in [-0.3, -0.25) is 4.79 Å². The van der Waals surface area contributed by atoms with Crippen molar-refractivity contribution in [3.8, 4) is 0 Å². The number of rotatable bonds is 6. The number of ketones is 1. The first-order valence-electron chi connectivity index (χ1n) is 7.82. The Labute approximate surface area is 125 Å². The molecule has 2 heterocycles. The number of Topliss-reactive ketones (excluding diaryl/α,β-unsaturated/α-hetero) is 1. The van der Waals surface area contributed by atoms with Crippen LogP contribution < -0.4 is 5.32 Å². The van der Waals surface area contributed by atoms with E-state index in [0.717, 1.165) is 18.4 Å². The summed E-state index contributed by atoms with van der Waals surface area (Å²) in [6.45, 7) is -0.0616. The van der Waals surface area contributed by atoms with Gasteiger partial charge in [-0.05, 0) is 31.2 Å². The van der Waals surface area contributed by atoms with Gasteiger partial charge in [-0.15, -0.1) is 0 Å². The second-order valence-electron chi connectivity index (χ2n) is 6.15. The van der Waals surface area contributed by atoms with Crippen molar-refractivity contribution in [1.82, 2.24) is 5.32 Å². The van der Waals surface area contributed by atoms with E-state index in [4.69, 9.17) is 4.74 Å². The summed E-state index contributed by atoms with van der Waals surface area (Å²) in [5, 5.41) is 13.1. The maximum Gasteiger partial charge on any atom is 0.168 e. The first kappa shape index (κ1) is 14.7. The van der Waals surface area contributed by atoms with Crippen LogP contribution in [0.25, 0.3) is 0 Å². The normalized spacial score (nSPS) is 29.3. The lowest BCUT2D eigenvalue weighted by molar-refractivity contribution is -0.128. The molecule has 21 heavy (non-hydrogen) atoms. The second-order valence-corrected chi connectivity index (χ2v) is 6.15. The molecule has 2 N–H and O–H groups in total. The van der Waals surface area contributed by atoms with E-state index in [1.807, 2.05) is 30.3 Å². The fourth-order valence-corrected chi connectivity index (χ4v) is 3.52. The lowest BCUT2D eigenvalue weighted by Gasteiger charge is -2.29. The number of ether oxygens (including phenoxy) is 1. The molecule has 3 unspecified atom stereocenters. The van der Waals surface area contributed by atoms with Crippen molar-refractivity contribution in [2.24, 2.45) is 0 Å². The maximum absolute atomic E-state index is 12.3. The van der Waals surface area contributed by atoms with Crippen molar-refractivity contribution in [2.75, 3.05) is 13.2 Å². The molecular formula is C17H23NO3. The summed E-state index contributed by atoms with van der Waals surface area (Å²) in [4.78, 5) is 12.3. The summed E-state index contributed by atoms with van der Waals surface area (Å²) in [6, 6.07) is 10.6. The lowest BCUT2D eigenvalue weighted by Crippen LogP contribution is -2.42. The summed E-state index contributed by atoms with van der Waals surface area (Å²) in [7, 11) is 0. The van der Waals surface area contributed by atoms with Gasteiger partial charge in [0.05, 0.1) is 18.6 Å². The molecule has 0 aliphatic carbocycles. The number of aliphatic hydroxyl groups excluding tert-OH is 1. The van der Waals surface area contributed by atoms with Crippen LogP contribution in [0.4, 0.5) is 0 Å². The zero-order chi connectivity index (χ0) is 14.7. The zero-order valence-electron chi connectivity index (χ0n) is 12.2. The fraction of sp³-hybridized carbons (Fsp3) is 0.588. The van der Waals surface area contributed by atoms with Crippen LogP contribution in [0.5, 0.6) is 0 Å². The summed E-state index contributed by atoms with van der Waals surface area (Å²) in [5.74, 6) is -0.501. The largest absolute Gasteiger partial charge is 0.395 e. The third-order valence-electron chi connectivity index (χ3n) is 4.66. The molecule has 2 fully saturated rings. The Morgan fingerprint density at radius 2 is 1.90 bits per heavy atom. The van der Waals surface area contributed by atoms with Gasteiger partial charge in [0, 0.05) is 12.1 Å². The molecule has 2 saturated heterocycles. The number of hydrogen-bond donors (Lipinski definition) is 2. The quantitative estimate of drug-likeness (QED) is 0.836. The van der Waals surface area contributed by atoms with Gasteiger partial charge >= 0.3 is 0 Å². The molecule has 0 radical (unpaired) electrons. The van der Waals surface area contributed by atoms with E-state index in [0.29, 0.717) is 12.1 Å². The standard InChI is InChI=1S/C17H23NO3/c19-10-16(12-4-2-1-3-5-12)17(20)11-21-15-8-13-6-7-14(9-15)18-13/h1-5,13-16,18-19H,6-11H2. The molecule has 0 spiro atoms. The highest BCUT2D eigenvalue weighted by molar-refractivity contribution is 5.87. The lowest BCUT2D eigenvalue weighted by atomic mass is 9.96. The monoisotopic (exact) mass is 289 g/mol. The number of carbonyl (C=O) groups excluding carboxylic acids is 1. The van der Waals surface area contributed by atoms with Crippen LogP contribution >= 0.6 is 0 Å². The van der Waals surface area contributed by atoms with Crippen LogP contribution in [0.1, 0.15) is 37.2 Å². The van der Waals surface area contributed by atoms with E-state index in [1.54, 1.807) is 0 Å². The van der Waals surface area contributed by atoms with E-state index in [1.165, 1.54) is 12.8 Å². The predicted molar refractivity (Wildman–Crippen MR) is 80.2 cm³/mol. The van der Waals surface area contributed by atoms with Crippen molar-refractivity contribution >= 4 is 5.78 Å². The molecule has 2 aliphatic heterocycles. The van der Waals surface area contributed by atoms with Crippen molar-refractivity contribution in [3.05, 3.63) is 35.9 Å². The van der Waals surface area contributed by atoms with Crippen molar-refractivity contribution in [3.63, 3.8) is 0 Å². The molecule has 3 atom stereocenters. The van der Waals surface area contributed by atoms with Gasteiger partial charge in [0.25, 0.3) is 0 Å². The minimum absolute atomic E-state index is 0.0328. The minimum atomic E-state index is -0.468. The van der Waals surface area contributed by atoms with Crippen LogP contribution in [0.2, 0.25) is 0 Å². The van der Waals surface area contributed by atoms with Gasteiger partial charge in [-0.1, -0.05) is 30.3 Å². The number of carbonyl (C=O) groups is 1. The highest BCUT2D eigenvalue weighted by Gasteiger charge is 2.34. The number of piperidine rings is 1. The zero-order valence-corrected chi connectivity index (χ0v) is 12.2. The number of aliphatic hydroxyl groups is 1. The van der Waals surface area contributed by atoms with Crippen LogP contribution in [0.15, 0.2) is 30.3 Å². The van der Waals surface area contributed by atoms with Crippen molar-refractivity contribution in [1.29, 1.82) is 0 Å². The molecule has 114 valence electrons. The average Bonchev–Trinajstić information content (AvgIpc) is 2.86. The molecule has 2 aliphatic rings. The number of hydrogen-bond acceptors (Lipinski definition) is 4. The van der Waals surface area contributed by atoms with Crippen LogP contribution in [0.3, 0.4) is 0 Å². The van der Waals surface area contributed by atoms with E-state index < -0.39 is 5.92 Å². The Bertz CT molecular complexity index is 464. The third kappa shape index (κ3) is 3.51. The van der Waals surface area contributed by atoms with Gasteiger partial charge in [0.15, 0.2) is 5.78 Å². The van der Waals surface area contributed by atoms with Crippen LogP contribution in [-0.4, -0.2) is 42.3 Å². The molecule has 2 bridgehead atoms. The number of fused-ring (bicyclic) bond motifs is 2. The molecule has 0 amide bonds. The smallest absolute Gasteiger partial charge is 0.168 e. The topological polar surface area (TPSA) is 58.6 Å². The minimum Gasteiger partial charge on any atom is -0.395 e. The Kier molecular flexibility index (Phi) is 4.68. The molecule has 4 nitrogen and oxygen atoms in total. The van der Waals surface area contributed by atoms with Gasteiger partial charge < -0.3 is 15.2 Å². The summed E-state index contributed by atoms with van der Waals surface area (Å²) in [5.41, 5.74) is 0.860. The summed E-state index contributed by atoms with van der Waals surface area (Å²) >= 11 is 0. The number of benzene rings is 1. The summed E-state index contributed by atoms with van der Waals surface area (Å²) in [6.07, 6.45) is 4.63. The van der Waals surface area contributed by atoms with E-state index in [-0.39, 0.29) is 25.1 Å². The van der Waals surface area contributed by atoms with Crippen molar-refractivity contribution < 1.29 is 14.6 Å². The van der Waals surface area contributed by atoms with Crippen molar-refractivity contribution in [2.45, 2.75) is 49.8 Å². The molecule has 4 heteroatoms. The molecule has 1 aromatic carbocycles. The maximum atomic E-state index is 12.3. The highest BCUT2D eigenvalue weighted by atomic mass is 16.5. The highest BCUT2D eigenvalue weighted by Crippen LogP contribution is 2.28. The van der Waals surface area contributed by atoms with Gasteiger partial charge in [-0.25, -0.2) is 0 Å². The van der Waals surface area contributed by atoms with Gasteiger partial charge in [0.2, 0.25) is 0 Å². The Morgan fingerprint density at radius 1 is 1.24 bits per heavy atom. The van der Waals surface area contributed by atoms with E-state index >= 15 is 0 Å².